The summed E-state index contributed by atoms with van der Waals surface area (Å²) in [6.07, 6.45) is 3.89. The molecule has 0 amide bonds. The summed E-state index contributed by atoms with van der Waals surface area (Å²) in [6.45, 7) is 9.51. The van der Waals surface area contributed by atoms with E-state index in [0.29, 0.717) is 72.2 Å². The summed E-state index contributed by atoms with van der Waals surface area (Å²) in [6, 6.07) is 6.65. The Morgan fingerprint density at radius 2 is 1.48 bits per heavy atom. The Balaban J connectivity index is 2.12. The molecule has 2 aromatic rings. The van der Waals surface area contributed by atoms with Gasteiger partial charge >= 0.3 is 5.97 Å². The third-order valence-corrected chi connectivity index (χ3v) is 7.80. The van der Waals surface area contributed by atoms with Crippen molar-refractivity contribution in [1.29, 1.82) is 0 Å². The highest BCUT2D eigenvalue weighted by Crippen LogP contribution is 2.35. The van der Waals surface area contributed by atoms with E-state index in [-0.39, 0.29) is 41.9 Å². The normalized spacial score (nSPS) is 11.7. The molecule has 0 aliphatic rings. The van der Waals surface area contributed by atoms with Gasteiger partial charge in [-0.25, -0.2) is 0 Å². The summed E-state index contributed by atoms with van der Waals surface area (Å²) in [4.78, 5) is 36.3. The minimum Gasteiger partial charge on any atom is -0.611 e. The predicted molar refractivity (Wildman–Crippen MR) is 155 cm³/mol. The van der Waals surface area contributed by atoms with Crippen molar-refractivity contribution in [3.8, 4) is 17.2 Å². The van der Waals surface area contributed by atoms with Gasteiger partial charge in [0.25, 0.3) is 0 Å². The predicted octanol–water partition coefficient (Wildman–Crippen LogP) is 6.00. The molecule has 220 valence electrons. The molecular weight excluding hydrogens is 532 g/mol. The Bertz CT molecular complexity index is 1160. The van der Waals surface area contributed by atoms with Crippen LogP contribution in [0.25, 0.3) is 0 Å². The first kappa shape index (κ1) is 33.2. The van der Waals surface area contributed by atoms with Crippen LogP contribution < -0.4 is 9.47 Å². The average molecular weight is 575 g/mol. The number of carbonyl (C=O) groups excluding carboxylic acids is 3. The third kappa shape index (κ3) is 9.27. The van der Waals surface area contributed by atoms with Crippen LogP contribution in [0.2, 0.25) is 0 Å². The number of carbonyl (C=O) groups is 3. The van der Waals surface area contributed by atoms with E-state index in [1.54, 1.807) is 25.1 Å². The van der Waals surface area contributed by atoms with E-state index < -0.39 is 11.2 Å². The molecule has 0 radical (unpaired) electrons. The van der Waals surface area contributed by atoms with E-state index in [1.807, 2.05) is 13.8 Å². The molecule has 0 spiro atoms. The van der Waals surface area contributed by atoms with Gasteiger partial charge in [0.05, 0.1) is 30.9 Å². The molecule has 0 bridgehead atoms. The van der Waals surface area contributed by atoms with Crippen molar-refractivity contribution in [3.05, 3.63) is 46.5 Å². The Labute approximate surface area is 240 Å². The van der Waals surface area contributed by atoms with Crippen LogP contribution in [-0.4, -0.2) is 52.8 Å². The first-order valence-electron chi connectivity index (χ1n) is 14.0. The van der Waals surface area contributed by atoms with Gasteiger partial charge in [0, 0.05) is 24.0 Å². The maximum atomic E-state index is 13.1. The Morgan fingerprint density at radius 3 is 2.10 bits per heavy atom. The summed E-state index contributed by atoms with van der Waals surface area (Å²) in [5.41, 5.74) is 2.06. The lowest BCUT2D eigenvalue weighted by molar-refractivity contribution is -0.143. The highest BCUT2D eigenvalue weighted by molar-refractivity contribution is 7.91. The van der Waals surface area contributed by atoms with Gasteiger partial charge in [0.2, 0.25) is 0 Å². The standard InChI is InChI=1S/C31H42O8S/c1-6-11-25-27(16-14-24(22(5)33)31(25)39-18-9-13-29(34)37-8-3)38-19-10-20-40(36)28-17-15-23(21(4)32)30(35)26(28)12-7-2/h14-17,35H,6-13,18-20H2,1-5H3. The number of benzene rings is 2. The van der Waals surface area contributed by atoms with Crippen molar-refractivity contribution < 1.29 is 38.3 Å². The maximum absolute atomic E-state index is 13.1. The van der Waals surface area contributed by atoms with E-state index in [0.717, 1.165) is 18.4 Å². The minimum absolute atomic E-state index is 0.0824. The lowest BCUT2D eigenvalue weighted by Gasteiger charge is -2.19. The van der Waals surface area contributed by atoms with Crippen LogP contribution in [0.3, 0.4) is 0 Å². The van der Waals surface area contributed by atoms with Gasteiger partial charge in [0.1, 0.15) is 23.0 Å². The van der Waals surface area contributed by atoms with Gasteiger partial charge in [-0.2, -0.15) is 0 Å². The van der Waals surface area contributed by atoms with Crippen LogP contribution in [0.5, 0.6) is 17.2 Å². The molecule has 1 atom stereocenters. The van der Waals surface area contributed by atoms with Crippen LogP contribution in [0.1, 0.15) is 98.6 Å². The van der Waals surface area contributed by atoms with Crippen LogP contribution in [-0.2, 0) is 33.5 Å². The zero-order valence-electron chi connectivity index (χ0n) is 24.3. The van der Waals surface area contributed by atoms with Crippen molar-refractivity contribution >= 4 is 28.7 Å². The summed E-state index contributed by atoms with van der Waals surface area (Å²) < 4.78 is 30.2. The molecule has 9 heteroatoms. The van der Waals surface area contributed by atoms with Crippen molar-refractivity contribution in [1.82, 2.24) is 0 Å². The molecule has 0 heterocycles. The number of hydrogen-bond donors (Lipinski definition) is 1. The Kier molecular flexibility index (Phi) is 14.0. The molecule has 8 nitrogen and oxygen atoms in total. The highest BCUT2D eigenvalue weighted by atomic mass is 32.2. The molecule has 0 aromatic heterocycles. The molecule has 0 aliphatic carbocycles. The van der Waals surface area contributed by atoms with E-state index in [4.69, 9.17) is 14.2 Å². The molecule has 40 heavy (non-hydrogen) atoms. The summed E-state index contributed by atoms with van der Waals surface area (Å²) in [5.74, 6) is 0.677. The zero-order chi connectivity index (χ0) is 29.7. The largest absolute Gasteiger partial charge is 0.611 e. The van der Waals surface area contributed by atoms with Gasteiger partial charge in [-0.3, -0.25) is 14.4 Å². The minimum atomic E-state index is -1.38. The third-order valence-electron chi connectivity index (χ3n) is 6.27. The van der Waals surface area contributed by atoms with E-state index in [9.17, 15) is 24.0 Å². The summed E-state index contributed by atoms with van der Waals surface area (Å²) >= 11 is -1.38. The molecule has 2 rings (SSSR count). The molecule has 0 fully saturated rings. The zero-order valence-corrected chi connectivity index (χ0v) is 25.1. The average Bonchev–Trinajstić information content (AvgIpc) is 2.91. The van der Waals surface area contributed by atoms with Gasteiger partial charge < -0.3 is 23.9 Å². The van der Waals surface area contributed by atoms with Crippen molar-refractivity contribution in [2.45, 2.75) is 84.5 Å². The number of Topliss-reactive ketones (excluding diaryl/α,β-unsaturated/α-hetero) is 2. The second-order valence-electron chi connectivity index (χ2n) is 9.48. The van der Waals surface area contributed by atoms with Gasteiger partial charge in [0.15, 0.2) is 16.5 Å². The van der Waals surface area contributed by atoms with Crippen molar-refractivity contribution in [2.75, 3.05) is 25.6 Å². The number of aromatic hydroxyl groups is 1. The van der Waals surface area contributed by atoms with Crippen molar-refractivity contribution in [3.63, 3.8) is 0 Å². The number of esters is 1. The van der Waals surface area contributed by atoms with Crippen LogP contribution >= 0.6 is 0 Å². The number of ketones is 2. The number of rotatable bonds is 18. The van der Waals surface area contributed by atoms with Crippen LogP contribution in [0.4, 0.5) is 0 Å². The van der Waals surface area contributed by atoms with Gasteiger partial charge in [-0.05, 0) is 75.5 Å². The van der Waals surface area contributed by atoms with Crippen molar-refractivity contribution in [2.24, 2.45) is 0 Å². The molecule has 0 saturated carbocycles. The molecule has 2 aromatic carbocycles. The monoisotopic (exact) mass is 574 g/mol. The molecule has 0 saturated heterocycles. The van der Waals surface area contributed by atoms with E-state index in [2.05, 4.69) is 0 Å². The first-order valence-corrected chi connectivity index (χ1v) is 15.3. The topological polar surface area (TPSA) is 122 Å². The Hall–Kier alpha value is -3.04. The van der Waals surface area contributed by atoms with E-state index in [1.165, 1.54) is 19.9 Å². The van der Waals surface area contributed by atoms with E-state index >= 15 is 0 Å². The fraction of sp³-hybridized carbons (Fsp3) is 0.516. The fourth-order valence-corrected chi connectivity index (χ4v) is 5.68. The van der Waals surface area contributed by atoms with Gasteiger partial charge in [-0.1, -0.05) is 26.7 Å². The number of hydrogen-bond acceptors (Lipinski definition) is 8. The highest BCUT2D eigenvalue weighted by Gasteiger charge is 2.23. The molecular formula is C31H42O8S. The van der Waals surface area contributed by atoms with Crippen LogP contribution in [0, 0.1) is 0 Å². The first-order chi connectivity index (χ1) is 19.2. The lowest BCUT2D eigenvalue weighted by atomic mass is 10.0. The molecule has 0 aliphatic heterocycles. The second kappa shape index (κ2) is 16.9. The summed E-state index contributed by atoms with van der Waals surface area (Å²) in [5, 5.41) is 10.6. The quantitative estimate of drug-likeness (QED) is 0.0995. The number of ether oxygens (including phenoxy) is 3. The maximum Gasteiger partial charge on any atom is 0.305 e. The lowest BCUT2D eigenvalue weighted by Crippen LogP contribution is -2.14. The molecule has 1 N–H and O–H groups in total. The number of phenols is 1. The summed E-state index contributed by atoms with van der Waals surface area (Å²) in [7, 11) is 0. The SMILES string of the molecule is CCCc1c([S+]([O-])CCCOc2ccc(C(C)=O)c(OCCCC(=O)OCC)c2CCC)ccc(C(C)=O)c1O. The molecule has 1 unspecified atom stereocenters. The van der Waals surface area contributed by atoms with Gasteiger partial charge in [-0.15, -0.1) is 0 Å². The van der Waals surface area contributed by atoms with Crippen LogP contribution in [0.15, 0.2) is 29.2 Å². The fourth-order valence-electron chi connectivity index (χ4n) is 4.39. The Morgan fingerprint density at radius 1 is 0.850 bits per heavy atom. The number of phenolic OH excluding ortho intramolecular Hbond substituents is 1. The smallest absolute Gasteiger partial charge is 0.305 e. The second-order valence-corrected chi connectivity index (χ2v) is 11.0.